The molecule has 33 heavy (non-hydrogen) atoms. The van der Waals surface area contributed by atoms with Gasteiger partial charge < -0.3 is 14.0 Å². The number of anilines is 1. The molecule has 0 radical (unpaired) electrons. The third-order valence-electron chi connectivity index (χ3n) is 5.26. The zero-order valence-electron chi connectivity index (χ0n) is 17.7. The number of nitrogens with one attached hydrogen (secondary N) is 1. The van der Waals surface area contributed by atoms with E-state index < -0.39 is 39.9 Å². The van der Waals surface area contributed by atoms with E-state index >= 15 is 0 Å². The minimum atomic E-state index is -4.72. The lowest BCUT2D eigenvalue weighted by Crippen LogP contribution is -2.43. The fraction of sp³-hybridized carbons (Fsp3) is 0.450. The molecule has 2 aromatic heterocycles. The van der Waals surface area contributed by atoms with Crippen LogP contribution in [0.1, 0.15) is 24.3 Å². The number of halogens is 3. The molecule has 1 fully saturated rings. The van der Waals surface area contributed by atoms with Crippen LogP contribution in [-0.4, -0.2) is 49.0 Å². The number of hydrogen-bond acceptors (Lipinski definition) is 8. The number of ether oxygens (including phenoxy) is 2. The predicted molar refractivity (Wildman–Crippen MR) is 110 cm³/mol. The highest BCUT2D eigenvalue weighted by atomic mass is 32.2. The minimum absolute atomic E-state index is 0.0200. The molecule has 0 spiro atoms. The summed E-state index contributed by atoms with van der Waals surface area (Å²) in [6.45, 7) is 3.19. The second-order valence-corrected chi connectivity index (χ2v) is 9.27. The Labute approximate surface area is 187 Å². The van der Waals surface area contributed by atoms with Gasteiger partial charge in [0.25, 0.3) is 15.9 Å². The van der Waals surface area contributed by atoms with Crippen LogP contribution in [0.25, 0.3) is 11.0 Å². The van der Waals surface area contributed by atoms with E-state index in [4.69, 9.17) is 14.0 Å². The Morgan fingerprint density at radius 3 is 2.33 bits per heavy atom. The molecule has 1 unspecified atom stereocenters. The van der Waals surface area contributed by atoms with Gasteiger partial charge in [0, 0.05) is 19.1 Å². The molecule has 0 saturated carbocycles. The SMILES string of the molecule is Cc1noc(C)c1S(=O)(=O)Nc1nc2ccccc2nc1OC(C1CCOCC1)C(F)(F)F. The molecule has 1 aliphatic rings. The van der Waals surface area contributed by atoms with E-state index in [-0.39, 0.29) is 53.4 Å². The molecule has 1 aliphatic heterocycles. The summed E-state index contributed by atoms with van der Waals surface area (Å²) in [5.74, 6) is -1.89. The second kappa shape index (κ2) is 8.78. The van der Waals surface area contributed by atoms with E-state index in [1.807, 2.05) is 0 Å². The fourth-order valence-electron chi connectivity index (χ4n) is 3.74. The van der Waals surface area contributed by atoms with Crippen molar-refractivity contribution in [2.75, 3.05) is 17.9 Å². The van der Waals surface area contributed by atoms with Crippen molar-refractivity contribution >= 4 is 26.9 Å². The fourth-order valence-corrected chi connectivity index (χ4v) is 5.07. The molecule has 9 nitrogen and oxygen atoms in total. The molecule has 1 aromatic carbocycles. The second-order valence-electron chi connectivity index (χ2n) is 7.65. The summed E-state index contributed by atoms with van der Waals surface area (Å²) in [6, 6.07) is 6.37. The highest BCUT2D eigenvalue weighted by molar-refractivity contribution is 7.92. The van der Waals surface area contributed by atoms with Crippen molar-refractivity contribution in [3.63, 3.8) is 0 Å². The Hall–Kier alpha value is -2.93. The maximum absolute atomic E-state index is 13.9. The van der Waals surface area contributed by atoms with Crippen LogP contribution >= 0.6 is 0 Å². The van der Waals surface area contributed by atoms with Gasteiger partial charge in [-0.1, -0.05) is 17.3 Å². The maximum atomic E-state index is 13.9. The number of para-hydroxylation sites is 2. The summed E-state index contributed by atoms with van der Waals surface area (Å²) < 4.78 is 85.4. The molecule has 4 rings (SSSR count). The third kappa shape index (κ3) is 4.88. The first-order valence-electron chi connectivity index (χ1n) is 10.1. The summed E-state index contributed by atoms with van der Waals surface area (Å²) in [4.78, 5) is 8.10. The van der Waals surface area contributed by atoms with Crippen LogP contribution in [0.2, 0.25) is 0 Å². The number of fused-ring (bicyclic) bond motifs is 1. The van der Waals surface area contributed by atoms with Gasteiger partial charge in [0.15, 0.2) is 16.8 Å². The molecular weight excluding hydrogens is 465 g/mol. The molecule has 1 N–H and O–H groups in total. The van der Waals surface area contributed by atoms with Crippen LogP contribution in [0.5, 0.6) is 5.88 Å². The summed E-state index contributed by atoms with van der Waals surface area (Å²) >= 11 is 0. The van der Waals surface area contributed by atoms with Crippen LogP contribution in [0.4, 0.5) is 19.0 Å². The molecule has 178 valence electrons. The Morgan fingerprint density at radius 2 is 1.76 bits per heavy atom. The van der Waals surface area contributed by atoms with Crippen LogP contribution in [-0.2, 0) is 14.8 Å². The lowest BCUT2D eigenvalue weighted by Gasteiger charge is -2.31. The zero-order valence-corrected chi connectivity index (χ0v) is 18.5. The number of aromatic nitrogens is 3. The Kier molecular flexibility index (Phi) is 6.18. The van der Waals surface area contributed by atoms with Gasteiger partial charge in [-0.15, -0.1) is 0 Å². The molecule has 0 aliphatic carbocycles. The Morgan fingerprint density at radius 1 is 1.12 bits per heavy atom. The van der Waals surface area contributed by atoms with Gasteiger partial charge in [-0.2, -0.15) is 13.2 Å². The van der Waals surface area contributed by atoms with E-state index in [1.54, 1.807) is 24.3 Å². The molecule has 0 amide bonds. The van der Waals surface area contributed by atoms with Gasteiger partial charge in [-0.05, 0) is 38.8 Å². The molecular formula is C20H21F3N4O5S. The van der Waals surface area contributed by atoms with Crippen LogP contribution in [0, 0.1) is 19.8 Å². The first-order chi connectivity index (χ1) is 15.6. The van der Waals surface area contributed by atoms with Crippen molar-refractivity contribution < 1.29 is 35.6 Å². The Balaban J connectivity index is 1.77. The molecule has 3 aromatic rings. The number of benzene rings is 1. The van der Waals surface area contributed by atoms with Crippen molar-refractivity contribution in [2.24, 2.45) is 5.92 Å². The summed E-state index contributed by atoms with van der Waals surface area (Å²) in [6.07, 6.45) is -6.64. The average Bonchev–Trinajstić information content (AvgIpc) is 3.10. The number of sulfonamides is 1. The van der Waals surface area contributed by atoms with E-state index in [0.29, 0.717) is 0 Å². The molecule has 1 atom stereocenters. The van der Waals surface area contributed by atoms with Crippen molar-refractivity contribution in [1.82, 2.24) is 15.1 Å². The third-order valence-corrected chi connectivity index (χ3v) is 6.84. The van der Waals surface area contributed by atoms with Gasteiger partial charge in [0.2, 0.25) is 5.82 Å². The Bertz CT molecular complexity index is 1240. The van der Waals surface area contributed by atoms with Gasteiger partial charge in [0.1, 0.15) is 5.69 Å². The number of hydrogen-bond donors (Lipinski definition) is 1. The predicted octanol–water partition coefficient (Wildman–Crippen LogP) is 3.77. The van der Waals surface area contributed by atoms with Gasteiger partial charge >= 0.3 is 6.18 Å². The minimum Gasteiger partial charge on any atom is -0.462 e. The summed E-state index contributed by atoms with van der Waals surface area (Å²) in [5, 5.41) is 3.62. The molecule has 1 saturated heterocycles. The van der Waals surface area contributed by atoms with Gasteiger partial charge in [-0.25, -0.2) is 18.4 Å². The first kappa shape index (κ1) is 23.2. The van der Waals surface area contributed by atoms with Crippen molar-refractivity contribution in [3.05, 3.63) is 35.7 Å². The number of nitrogens with zero attached hydrogens (tertiary/aromatic N) is 3. The molecule has 13 heteroatoms. The summed E-state index contributed by atoms with van der Waals surface area (Å²) in [5.41, 5.74) is 0.614. The van der Waals surface area contributed by atoms with Gasteiger partial charge in [0.05, 0.1) is 11.0 Å². The zero-order chi connectivity index (χ0) is 23.8. The normalized spacial score (nSPS) is 16.6. The topological polar surface area (TPSA) is 116 Å². The standard InChI is InChI=1S/C20H21F3N4O5S/c1-11-16(12(2)32-26-11)33(28,29)27-18-19(25-15-6-4-3-5-14(15)24-18)31-17(20(21,22)23)13-7-9-30-10-8-13/h3-6,13,17H,7-10H2,1-2H3,(H,24,27). The lowest BCUT2D eigenvalue weighted by atomic mass is 9.93. The van der Waals surface area contributed by atoms with Crippen molar-refractivity contribution in [2.45, 2.75) is 43.9 Å². The van der Waals surface area contributed by atoms with E-state index in [9.17, 15) is 21.6 Å². The number of alkyl halides is 3. The van der Waals surface area contributed by atoms with E-state index in [0.717, 1.165) is 0 Å². The highest BCUT2D eigenvalue weighted by Gasteiger charge is 2.48. The smallest absolute Gasteiger partial charge is 0.425 e. The van der Waals surface area contributed by atoms with Gasteiger partial charge in [-0.3, -0.25) is 4.72 Å². The highest BCUT2D eigenvalue weighted by Crippen LogP contribution is 2.37. The van der Waals surface area contributed by atoms with Crippen LogP contribution in [0.3, 0.4) is 0 Å². The van der Waals surface area contributed by atoms with E-state index in [2.05, 4.69) is 19.8 Å². The quantitative estimate of drug-likeness (QED) is 0.560. The summed E-state index contributed by atoms with van der Waals surface area (Å²) in [7, 11) is -4.31. The molecule has 0 bridgehead atoms. The average molecular weight is 486 g/mol. The monoisotopic (exact) mass is 486 g/mol. The number of aryl methyl sites for hydroxylation is 2. The lowest BCUT2D eigenvalue weighted by molar-refractivity contribution is -0.216. The van der Waals surface area contributed by atoms with Crippen molar-refractivity contribution in [1.29, 1.82) is 0 Å². The van der Waals surface area contributed by atoms with E-state index in [1.165, 1.54) is 13.8 Å². The van der Waals surface area contributed by atoms with Crippen LogP contribution < -0.4 is 9.46 Å². The number of rotatable bonds is 6. The van der Waals surface area contributed by atoms with Crippen LogP contribution in [0.15, 0.2) is 33.7 Å². The first-order valence-corrected chi connectivity index (χ1v) is 11.6. The largest absolute Gasteiger partial charge is 0.462 e. The molecule has 3 heterocycles. The van der Waals surface area contributed by atoms with Crippen molar-refractivity contribution in [3.8, 4) is 5.88 Å². The maximum Gasteiger partial charge on any atom is 0.425 e.